The van der Waals surface area contributed by atoms with Gasteiger partial charge in [0.1, 0.15) is 10.7 Å². The summed E-state index contributed by atoms with van der Waals surface area (Å²) in [5.41, 5.74) is 5.66. The summed E-state index contributed by atoms with van der Waals surface area (Å²) in [6.45, 7) is 3.26. The van der Waals surface area contributed by atoms with Crippen molar-refractivity contribution in [3.8, 4) is 0 Å². The number of sulfonamides is 1. The minimum atomic E-state index is -3.84. The summed E-state index contributed by atoms with van der Waals surface area (Å²) >= 11 is 0. The van der Waals surface area contributed by atoms with Crippen molar-refractivity contribution in [2.45, 2.75) is 37.2 Å². The number of benzene rings is 1. The van der Waals surface area contributed by atoms with E-state index in [0.717, 1.165) is 18.9 Å². The normalized spacial score (nSPS) is 20.6. The van der Waals surface area contributed by atoms with Gasteiger partial charge in [0.05, 0.1) is 6.10 Å². The molecule has 0 radical (unpaired) electrons. The van der Waals surface area contributed by atoms with E-state index in [2.05, 4.69) is 0 Å². The second-order valence-electron chi connectivity index (χ2n) is 5.19. The van der Waals surface area contributed by atoms with E-state index in [1.807, 2.05) is 6.92 Å². The zero-order valence-electron chi connectivity index (χ0n) is 12.1. The zero-order chi connectivity index (χ0) is 15.5. The Morgan fingerprint density at radius 3 is 2.90 bits per heavy atom. The molecule has 1 aliphatic heterocycles. The topological polar surface area (TPSA) is 72.6 Å². The molecule has 21 heavy (non-hydrogen) atoms. The van der Waals surface area contributed by atoms with Gasteiger partial charge in [0.15, 0.2) is 0 Å². The predicted octanol–water partition coefficient (Wildman–Crippen LogP) is 1.99. The second kappa shape index (κ2) is 6.72. The summed E-state index contributed by atoms with van der Waals surface area (Å²) in [4.78, 5) is -0.326. The third-order valence-corrected chi connectivity index (χ3v) is 5.37. The Morgan fingerprint density at radius 2 is 2.24 bits per heavy atom. The summed E-state index contributed by atoms with van der Waals surface area (Å²) in [7, 11) is -3.84. The molecule has 1 aliphatic rings. The highest BCUT2D eigenvalue weighted by atomic mass is 32.2. The maximum Gasteiger partial charge on any atom is 0.246 e. The van der Waals surface area contributed by atoms with Gasteiger partial charge in [-0.2, -0.15) is 4.31 Å². The van der Waals surface area contributed by atoms with Crippen LogP contribution in [-0.2, 0) is 14.8 Å². The first-order valence-electron chi connectivity index (χ1n) is 7.12. The van der Waals surface area contributed by atoms with Crippen LogP contribution in [0, 0.1) is 5.82 Å². The lowest BCUT2D eigenvalue weighted by Gasteiger charge is -2.31. The van der Waals surface area contributed by atoms with Crippen molar-refractivity contribution in [3.05, 3.63) is 24.0 Å². The van der Waals surface area contributed by atoms with Gasteiger partial charge in [0, 0.05) is 25.4 Å². The summed E-state index contributed by atoms with van der Waals surface area (Å²) in [6, 6.07) is 3.64. The van der Waals surface area contributed by atoms with Crippen LogP contribution in [0.5, 0.6) is 0 Å². The minimum Gasteiger partial charge on any atom is -0.399 e. The first-order chi connectivity index (χ1) is 9.95. The van der Waals surface area contributed by atoms with Crippen LogP contribution >= 0.6 is 0 Å². The largest absolute Gasteiger partial charge is 0.399 e. The van der Waals surface area contributed by atoms with E-state index in [1.54, 1.807) is 0 Å². The smallest absolute Gasteiger partial charge is 0.246 e. The van der Waals surface area contributed by atoms with Gasteiger partial charge in [-0.05, 0) is 37.5 Å². The van der Waals surface area contributed by atoms with Crippen molar-refractivity contribution < 1.29 is 17.5 Å². The molecule has 0 aliphatic carbocycles. The van der Waals surface area contributed by atoms with Gasteiger partial charge in [-0.25, -0.2) is 12.8 Å². The zero-order valence-corrected chi connectivity index (χ0v) is 12.9. The van der Waals surface area contributed by atoms with Gasteiger partial charge in [-0.3, -0.25) is 0 Å². The number of nitrogens with zero attached hydrogens (tertiary/aromatic N) is 1. The lowest BCUT2D eigenvalue weighted by atomic mass is 10.1. The average molecular weight is 316 g/mol. The fraction of sp³-hybridized carbons (Fsp3) is 0.571. The predicted molar refractivity (Wildman–Crippen MR) is 78.8 cm³/mol. The molecular weight excluding hydrogens is 295 g/mol. The van der Waals surface area contributed by atoms with E-state index in [4.69, 9.17) is 10.5 Å². The highest BCUT2D eigenvalue weighted by Gasteiger charge is 2.32. The molecule has 118 valence electrons. The molecule has 1 heterocycles. The SMILES string of the molecule is CCCOC1CCCN(S(=O)(=O)c2ccc(N)cc2F)C1. The fourth-order valence-corrected chi connectivity index (χ4v) is 3.96. The lowest BCUT2D eigenvalue weighted by molar-refractivity contribution is 0.0193. The Balaban J connectivity index is 2.18. The first-order valence-corrected chi connectivity index (χ1v) is 8.56. The van der Waals surface area contributed by atoms with Crippen molar-refractivity contribution in [1.82, 2.24) is 4.31 Å². The Hall–Kier alpha value is -1.18. The Morgan fingerprint density at radius 1 is 1.48 bits per heavy atom. The van der Waals surface area contributed by atoms with Crippen LogP contribution in [0.25, 0.3) is 0 Å². The molecule has 2 rings (SSSR count). The number of rotatable bonds is 5. The standard InChI is InChI=1S/C14H21FN2O3S/c1-2-8-20-12-4-3-7-17(10-12)21(18,19)14-6-5-11(16)9-13(14)15/h5-6,9,12H,2-4,7-8,10,16H2,1H3. The molecule has 1 aromatic rings. The maximum atomic E-state index is 13.9. The van der Waals surface area contributed by atoms with E-state index < -0.39 is 15.8 Å². The Labute approximate surface area is 124 Å². The van der Waals surface area contributed by atoms with Gasteiger partial charge in [-0.15, -0.1) is 0 Å². The molecule has 7 heteroatoms. The molecule has 0 bridgehead atoms. The third kappa shape index (κ3) is 3.72. The highest BCUT2D eigenvalue weighted by Crippen LogP contribution is 2.25. The molecule has 1 fully saturated rings. The molecule has 5 nitrogen and oxygen atoms in total. The number of nitrogen functional groups attached to an aromatic ring is 1. The van der Waals surface area contributed by atoms with E-state index in [9.17, 15) is 12.8 Å². The number of hydrogen-bond donors (Lipinski definition) is 1. The number of nitrogens with two attached hydrogens (primary N) is 1. The molecule has 0 spiro atoms. The summed E-state index contributed by atoms with van der Waals surface area (Å²) in [5, 5.41) is 0. The van der Waals surface area contributed by atoms with Crippen molar-refractivity contribution in [2.75, 3.05) is 25.4 Å². The first kappa shape index (κ1) is 16.2. The van der Waals surface area contributed by atoms with Gasteiger partial charge < -0.3 is 10.5 Å². The molecule has 1 unspecified atom stereocenters. The second-order valence-corrected chi connectivity index (χ2v) is 7.09. The van der Waals surface area contributed by atoms with E-state index in [0.29, 0.717) is 19.6 Å². The number of anilines is 1. The monoisotopic (exact) mass is 316 g/mol. The van der Waals surface area contributed by atoms with Gasteiger partial charge in [0.25, 0.3) is 0 Å². The number of halogens is 1. The molecule has 0 amide bonds. The number of hydrogen-bond acceptors (Lipinski definition) is 4. The van der Waals surface area contributed by atoms with E-state index in [1.165, 1.54) is 16.4 Å². The van der Waals surface area contributed by atoms with Crippen LogP contribution in [0.1, 0.15) is 26.2 Å². The van der Waals surface area contributed by atoms with Crippen LogP contribution in [0.3, 0.4) is 0 Å². The Kier molecular flexibility index (Phi) is 5.18. The van der Waals surface area contributed by atoms with Crippen LogP contribution in [0.4, 0.5) is 10.1 Å². The molecule has 0 aromatic heterocycles. The van der Waals surface area contributed by atoms with Crippen molar-refractivity contribution in [1.29, 1.82) is 0 Å². The molecule has 1 aromatic carbocycles. The van der Waals surface area contributed by atoms with Crippen molar-refractivity contribution >= 4 is 15.7 Å². The van der Waals surface area contributed by atoms with Gasteiger partial charge in [0.2, 0.25) is 10.0 Å². The molecule has 0 saturated carbocycles. The molecular formula is C14H21FN2O3S. The third-order valence-electron chi connectivity index (χ3n) is 3.47. The van der Waals surface area contributed by atoms with E-state index >= 15 is 0 Å². The minimum absolute atomic E-state index is 0.120. The summed E-state index contributed by atoms with van der Waals surface area (Å²) < 4.78 is 45.9. The van der Waals surface area contributed by atoms with E-state index in [-0.39, 0.29) is 23.2 Å². The van der Waals surface area contributed by atoms with Crippen LogP contribution < -0.4 is 5.73 Å². The van der Waals surface area contributed by atoms with Crippen LogP contribution in [0.2, 0.25) is 0 Å². The average Bonchev–Trinajstić information content (AvgIpc) is 2.45. The summed E-state index contributed by atoms with van der Waals surface area (Å²) in [6.07, 6.45) is 2.31. The number of piperidine rings is 1. The van der Waals surface area contributed by atoms with Crippen LogP contribution in [0.15, 0.2) is 23.1 Å². The quantitative estimate of drug-likeness (QED) is 0.843. The Bertz CT molecular complexity index is 592. The van der Waals surface area contributed by atoms with Gasteiger partial charge >= 0.3 is 0 Å². The van der Waals surface area contributed by atoms with Crippen molar-refractivity contribution in [3.63, 3.8) is 0 Å². The fourth-order valence-electron chi connectivity index (χ4n) is 2.41. The van der Waals surface area contributed by atoms with Crippen molar-refractivity contribution in [2.24, 2.45) is 0 Å². The maximum absolute atomic E-state index is 13.9. The molecule has 1 saturated heterocycles. The summed E-state index contributed by atoms with van der Waals surface area (Å²) in [5.74, 6) is -0.813. The molecule has 2 N–H and O–H groups in total. The van der Waals surface area contributed by atoms with Gasteiger partial charge in [-0.1, -0.05) is 6.92 Å². The molecule has 1 atom stereocenters. The van der Waals surface area contributed by atoms with Crippen LogP contribution in [-0.4, -0.2) is 38.5 Å². The lowest BCUT2D eigenvalue weighted by Crippen LogP contribution is -2.43. The highest BCUT2D eigenvalue weighted by molar-refractivity contribution is 7.89. The number of ether oxygens (including phenoxy) is 1.